The van der Waals surface area contributed by atoms with Gasteiger partial charge < -0.3 is 5.11 Å². The van der Waals surface area contributed by atoms with Gasteiger partial charge in [0.25, 0.3) is 0 Å². The molecule has 2 rings (SSSR count). The van der Waals surface area contributed by atoms with E-state index in [2.05, 4.69) is 0 Å². The lowest BCUT2D eigenvalue weighted by Gasteiger charge is -2.18. The van der Waals surface area contributed by atoms with Crippen molar-refractivity contribution in [2.45, 2.75) is 12.0 Å². The van der Waals surface area contributed by atoms with E-state index in [4.69, 9.17) is 5.11 Å². The first-order chi connectivity index (χ1) is 9.54. The Morgan fingerprint density at radius 3 is 2.50 bits per heavy atom. The van der Waals surface area contributed by atoms with Crippen LogP contribution in [0.4, 0.5) is 0 Å². The first-order valence-corrected chi connectivity index (χ1v) is 6.05. The number of nitrogens with zero attached hydrogens (tertiary/aromatic N) is 1. The minimum absolute atomic E-state index is 0.152. The molecule has 1 aliphatic carbocycles. The zero-order valence-corrected chi connectivity index (χ0v) is 10.6. The van der Waals surface area contributed by atoms with Gasteiger partial charge in [0.1, 0.15) is 0 Å². The standard InChI is InChI=1S/C15H13NO4/c17-14(18)15(16(19)20)10-8-13(9-11-15)7-6-12-4-2-1-3-5-12/h1-10H,11H2,(H,17,18). The lowest BCUT2D eigenvalue weighted by molar-refractivity contribution is -0.540. The Hall–Kier alpha value is -2.69. The molecule has 0 amide bonds. The van der Waals surface area contributed by atoms with Gasteiger partial charge in [0.2, 0.25) is 0 Å². The fourth-order valence-corrected chi connectivity index (χ4v) is 1.90. The molecule has 1 N–H and O–H groups in total. The van der Waals surface area contributed by atoms with Crippen LogP contribution in [0.3, 0.4) is 0 Å². The second kappa shape index (κ2) is 5.52. The van der Waals surface area contributed by atoms with E-state index in [0.717, 1.165) is 17.2 Å². The van der Waals surface area contributed by atoms with E-state index < -0.39 is 16.4 Å². The van der Waals surface area contributed by atoms with E-state index in [0.29, 0.717) is 0 Å². The molecule has 0 fully saturated rings. The fraction of sp³-hybridized carbons (Fsp3) is 0.133. The molecule has 1 atom stereocenters. The number of hydrogen-bond donors (Lipinski definition) is 1. The number of allylic oxidation sites excluding steroid dienone is 3. The Morgan fingerprint density at radius 1 is 1.30 bits per heavy atom. The van der Waals surface area contributed by atoms with Crippen molar-refractivity contribution in [3.05, 3.63) is 75.9 Å². The van der Waals surface area contributed by atoms with Crippen LogP contribution in [-0.2, 0) is 4.79 Å². The molecular formula is C15H13NO4. The maximum absolute atomic E-state index is 11.1. The Kier molecular flexibility index (Phi) is 3.79. The largest absolute Gasteiger partial charge is 0.476 e. The van der Waals surface area contributed by atoms with Crippen LogP contribution in [-0.4, -0.2) is 21.5 Å². The summed E-state index contributed by atoms with van der Waals surface area (Å²) in [6, 6.07) is 9.60. The van der Waals surface area contributed by atoms with Crippen LogP contribution in [0.2, 0.25) is 0 Å². The summed E-state index contributed by atoms with van der Waals surface area (Å²) in [5, 5.41) is 19.9. The summed E-state index contributed by atoms with van der Waals surface area (Å²) in [5.74, 6) is -1.44. The molecule has 0 radical (unpaired) electrons. The third-order valence-electron chi connectivity index (χ3n) is 3.16. The lowest BCUT2D eigenvalue weighted by atomic mass is 9.89. The summed E-state index contributed by atoms with van der Waals surface area (Å²) in [7, 11) is 0. The molecule has 1 aromatic rings. The van der Waals surface area contributed by atoms with Crippen LogP contribution in [0.15, 0.2) is 60.2 Å². The molecule has 0 saturated heterocycles. The molecule has 0 spiro atoms. The van der Waals surface area contributed by atoms with E-state index in [9.17, 15) is 14.9 Å². The SMILES string of the molecule is O=C(O)C1([N+](=O)[O-])C=CC(C=Cc2ccccc2)=CC1. The van der Waals surface area contributed by atoms with Gasteiger partial charge in [-0.05, 0) is 11.1 Å². The van der Waals surface area contributed by atoms with Crippen molar-refractivity contribution in [2.75, 3.05) is 0 Å². The van der Waals surface area contributed by atoms with E-state index in [1.165, 1.54) is 6.08 Å². The van der Waals surface area contributed by atoms with Crippen LogP contribution < -0.4 is 0 Å². The molecular weight excluding hydrogens is 258 g/mol. The summed E-state index contributed by atoms with van der Waals surface area (Å²) >= 11 is 0. The van der Waals surface area contributed by atoms with E-state index >= 15 is 0 Å². The van der Waals surface area contributed by atoms with Crippen molar-refractivity contribution >= 4 is 12.0 Å². The number of nitro groups is 1. The molecule has 0 bridgehead atoms. The maximum Gasteiger partial charge on any atom is 0.387 e. The minimum Gasteiger partial charge on any atom is -0.476 e. The van der Waals surface area contributed by atoms with Crippen molar-refractivity contribution in [1.29, 1.82) is 0 Å². The average molecular weight is 271 g/mol. The number of aliphatic carboxylic acids is 1. The highest BCUT2D eigenvalue weighted by Crippen LogP contribution is 2.25. The molecule has 5 nitrogen and oxygen atoms in total. The molecule has 0 aliphatic heterocycles. The van der Waals surface area contributed by atoms with Crippen LogP contribution in [0.1, 0.15) is 12.0 Å². The summed E-state index contributed by atoms with van der Waals surface area (Å²) < 4.78 is 0. The Labute approximate surface area is 115 Å². The molecule has 1 aliphatic rings. The Morgan fingerprint density at radius 2 is 2.00 bits per heavy atom. The third-order valence-corrected chi connectivity index (χ3v) is 3.16. The summed E-state index contributed by atoms with van der Waals surface area (Å²) in [6.45, 7) is 0. The molecule has 5 heteroatoms. The zero-order chi connectivity index (χ0) is 14.6. The normalized spacial score (nSPS) is 21.7. The van der Waals surface area contributed by atoms with Crippen LogP contribution in [0.5, 0.6) is 0 Å². The van der Waals surface area contributed by atoms with E-state index in [1.807, 2.05) is 36.4 Å². The average Bonchev–Trinajstić information content (AvgIpc) is 2.46. The highest BCUT2D eigenvalue weighted by atomic mass is 16.6. The molecule has 0 heterocycles. The quantitative estimate of drug-likeness (QED) is 0.674. The molecule has 0 saturated carbocycles. The van der Waals surface area contributed by atoms with Gasteiger partial charge in [-0.2, -0.15) is 0 Å². The molecule has 102 valence electrons. The predicted molar refractivity (Wildman–Crippen MR) is 74.7 cm³/mol. The summed E-state index contributed by atoms with van der Waals surface area (Å²) in [5.41, 5.74) is -0.275. The molecule has 1 aromatic carbocycles. The summed E-state index contributed by atoms with van der Waals surface area (Å²) in [4.78, 5) is 21.2. The van der Waals surface area contributed by atoms with Gasteiger partial charge in [-0.1, -0.05) is 54.6 Å². The highest BCUT2D eigenvalue weighted by molar-refractivity contribution is 5.81. The Bertz CT molecular complexity index is 600. The number of benzene rings is 1. The van der Waals surface area contributed by atoms with Gasteiger partial charge in [0.15, 0.2) is 0 Å². The lowest BCUT2D eigenvalue weighted by Crippen LogP contribution is -2.45. The topological polar surface area (TPSA) is 80.4 Å². The number of carboxylic acid groups (broad SMARTS) is 1. The van der Waals surface area contributed by atoms with Crippen molar-refractivity contribution in [2.24, 2.45) is 0 Å². The van der Waals surface area contributed by atoms with Gasteiger partial charge in [-0.15, -0.1) is 0 Å². The number of carbonyl (C=O) groups is 1. The van der Waals surface area contributed by atoms with Crippen molar-refractivity contribution in [3.63, 3.8) is 0 Å². The zero-order valence-electron chi connectivity index (χ0n) is 10.6. The highest BCUT2D eigenvalue weighted by Gasteiger charge is 2.49. The third kappa shape index (κ3) is 2.66. The molecule has 0 aromatic heterocycles. The number of rotatable bonds is 4. The van der Waals surface area contributed by atoms with Crippen molar-refractivity contribution < 1.29 is 14.8 Å². The van der Waals surface area contributed by atoms with E-state index in [-0.39, 0.29) is 6.42 Å². The molecule has 1 unspecified atom stereocenters. The second-order valence-electron chi connectivity index (χ2n) is 4.47. The fourth-order valence-electron chi connectivity index (χ4n) is 1.90. The monoisotopic (exact) mass is 271 g/mol. The van der Waals surface area contributed by atoms with Gasteiger partial charge >= 0.3 is 11.5 Å². The minimum atomic E-state index is -2.04. The van der Waals surface area contributed by atoms with Gasteiger partial charge in [0, 0.05) is 11.0 Å². The molecule has 20 heavy (non-hydrogen) atoms. The Balaban J connectivity index is 2.15. The first kappa shape index (κ1) is 13.7. The number of carboxylic acids is 1. The second-order valence-corrected chi connectivity index (χ2v) is 4.47. The van der Waals surface area contributed by atoms with Gasteiger partial charge in [-0.25, -0.2) is 4.79 Å². The van der Waals surface area contributed by atoms with Crippen LogP contribution in [0, 0.1) is 10.1 Å². The maximum atomic E-state index is 11.1. The van der Waals surface area contributed by atoms with Crippen LogP contribution in [0.25, 0.3) is 6.08 Å². The van der Waals surface area contributed by atoms with Crippen molar-refractivity contribution in [3.8, 4) is 0 Å². The van der Waals surface area contributed by atoms with Gasteiger partial charge in [0.05, 0.1) is 6.42 Å². The summed E-state index contributed by atoms with van der Waals surface area (Å²) in [6.07, 6.45) is 7.70. The van der Waals surface area contributed by atoms with E-state index in [1.54, 1.807) is 12.2 Å². The smallest absolute Gasteiger partial charge is 0.387 e. The predicted octanol–water partition coefficient (Wildman–Crippen LogP) is 2.69. The van der Waals surface area contributed by atoms with Crippen LogP contribution >= 0.6 is 0 Å². The number of hydrogen-bond acceptors (Lipinski definition) is 3. The first-order valence-electron chi connectivity index (χ1n) is 6.05. The van der Waals surface area contributed by atoms with Gasteiger partial charge in [-0.3, -0.25) is 10.1 Å². The van der Waals surface area contributed by atoms with Crippen molar-refractivity contribution in [1.82, 2.24) is 0 Å².